The number of hydrazine groups is 1. The van der Waals surface area contributed by atoms with Crippen LogP contribution in [0.15, 0.2) is 30.5 Å². The van der Waals surface area contributed by atoms with Crippen molar-refractivity contribution in [2.45, 2.75) is 31.6 Å². The third kappa shape index (κ3) is 4.34. The Morgan fingerprint density at radius 1 is 1.30 bits per heavy atom. The third-order valence-corrected chi connectivity index (χ3v) is 6.18. The predicted molar refractivity (Wildman–Crippen MR) is 115 cm³/mol. The number of anilines is 1. The number of hydrogen-bond donors (Lipinski definition) is 5. The lowest BCUT2D eigenvalue weighted by atomic mass is 9.85. The molecular weight excluding hydrogens is 382 g/mol. The number of nitrogens with zero attached hydrogens (tertiary/aromatic N) is 2. The Morgan fingerprint density at radius 2 is 2.10 bits per heavy atom. The van der Waals surface area contributed by atoms with E-state index in [-0.39, 0.29) is 30.1 Å². The first-order valence-electron chi connectivity index (χ1n) is 10.4. The van der Waals surface area contributed by atoms with Gasteiger partial charge in [0.1, 0.15) is 0 Å². The molecule has 3 heterocycles. The number of hydrogen-bond acceptors (Lipinski definition) is 7. The fourth-order valence-corrected chi connectivity index (χ4v) is 4.27. The number of rotatable bonds is 7. The number of ether oxygens (including phenoxy) is 1. The van der Waals surface area contributed by atoms with E-state index in [1.807, 2.05) is 42.2 Å². The highest BCUT2D eigenvalue weighted by molar-refractivity contribution is 5.94. The van der Waals surface area contributed by atoms with E-state index in [1.165, 1.54) is 11.3 Å². The van der Waals surface area contributed by atoms with Crippen LogP contribution in [0.5, 0.6) is 0 Å². The Hall–Kier alpha value is -2.46. The van der Waals surface area contributed by atoms with Gasteiger partial charge in [-0.2, -0.15) is 5.10 Å². The average molecular weight is 414 g/mol. The summed E-state index contributed by atoms with van der Waals surface area (Å²) < 4.78 is 6.94. The SMILES string of the molecule is COCCNc1ccc(C(=O)NC2NNC3CNC(c4cnn(C)c4C)CC32)cc1. The van der Waals surface area contributed by atoms with Gasteiger partial charge in [0, 0.05) is 67.8 Å². The van der Waals surface area contributed by atoms with E-state index >= 15 is 0 Å². The van der Waals surface area contributed by atoms with Crippen LogP contribution in [0.3, 0.4) is 0 Å². The summed E-state index contributed by atoms with van der Waals surface area (Å²) in [7, 11) is 3.64. The summed E-state index contributed by atoms with van der Waals surface area (Å²) in [6.45, 7) is 4.30. The van der Waals surface area contributed by atoms with Crippen molar-refractivity contribution in [1.82, 2.24) is 31.3 Å². The molecule has 2 aliphatic rings. The Kier molecular flexibility index (Phi) is 6.33. The lowest BCUT2D eigenvalue weighted by Crippen LogP contribution is -2.49. The monoisotopic (exact) mass is 413 g/mol. The summed E-state index contributed by atoms with van der Waals surface area (Å²) in [5, 5.41) is 14.4. The van der Waals surface area contributed by atoms with E-state index in [4.69, 9.17) is 4.74 Å². The van der Waals surface area contributed by atoms with Crippen molar-refractivity contribution in [3.63, 3.8) is 0 Å². The molecule has 30 heavy (non-hydrogen) atoms. The molecule has 2 fully saturated rings. The van der Waals surface area contributed by atoms with Crippen molar-refractivity contribution in [2.75, 3.05) is 32.1 Å². The fourth-order valence-electron chi connectivity index (χ4n) is 4.27. The largest absolute Gasteiger partial charge is 0.383 e. The van der Waals surface area contributed by atoms with Crippen LogP contribution in [0.4, 0.5) is 5.69 Å². The van der Waals surface area contributed by atoms with Gasteiger partial charge >= 0.3 is 0 Å². The lowest BCUT2D eigenvalue weighted by molar-refractivity contribution is 0.0914. The van der Waals surface area contributed by atoms with Crippen molar-refractivity contribution >= 4 is 11.6 Å². The molecule has 1 aromatic carbocycles. The van der Waals surface area contributed by atoms with Crippen molar-refractivity contribution in [3.05, 3.63) is 47.3 Å². The zero-order valence-electron chi connectivity index (χ0n) is 17.7. The van der Waals surface area contributed by atoms with Crippen LogP contribution in [-0.4, -0.2) is 54.7 Å². The van der Waals surface area contributed by atoms with Crippen LogP contribution < -0.4 is 26.8 Å². The minimum Gasteiger partial charge on any atom is -0.383 e. The number of carbonyl (C=O) groups excluding carboxylic acids is 1. The van der Waals surface area contributed by atoms with Crippen LogP contribution in [0.1, 0.15) is 34.1 Å². The zero-order chi connectivity index (χ0) is 21.1. The van der Waals surface area contributed by atoms with Gasteiger partial charge in [-0.15, -0.1) is 0 Å². The number of piperidine rings is 1. The van der Waals surface area contributed by atoms with Gasteiger partial charge in [-0.3, -0.25) is 14.9 Å². The highest BCUT2D eigenvalue weighted by Gasteiger charge is 2.41. The molecule has 2 saturated heterocycles. The molecule has 4 unspecified atom stereocenters. The van der Waals surface area contributed by atoms with Gasteiger partial charge in [-0.1, -0.05) is 0 Å². The maximum absolute atomic E-state index is 12.8. The summed E-state index contributed by atoms with van der Waals surface area (Å²) in [5.74, 6) is 0.209. The van der Waals surface area contributed by atoms with Crippen molar-refractivity contribution in [3.8, 4) is 0 Å². The Balaban J connectivity index is 1.37. The topological polar surface area (TPSA) is 104 Å². The molecule has 5 N–H and O–H groups in total. The molecule has 0 radical (unpaired) electrons. The molecule has 0 bridgehead atoms. The van der Waals surface area contributed by atoms with Crippen molar-refractivity contribution < 1.29 is 9.53 Å². The lowest BCUT2D eigenvalue weighted by Gasteiger charge is -2.34. The van der Waals surface area contributed by atoms with Crippen LogP contribution >= 0.6 is 0 Å². The second-order valence-corrected chi connectivity index (χ2v) is 8.01. The molecule has 0 aliphatic carbocycles. The van der Waals surface area contributed by atoms with E-state index in [0.29, 0.717) is 12.2 Å². The number of aryl methyl sites for hydroxylation is 1. The molecule has 9 nitrogen and oxygen atoms in total. The van der Waals surface area contributed by atoms with Gasteiger partial charge in [0.05, 0.1) is 19.0 Å². The Labute approximate surface area is 176 Å². The van der Waals surface area contributed by atoms with E-state index in [1.54, 1.807) is 7.11 Å². The first-order valence-corrected chi connectivity index (χ1v) is 10.4. The first kappa shape index (κ1) is 20.8. The van der Waals surface area contributed by atoms with Crippen LogP contribution in [0.25, 0.3) is 0 Å². The van der Waals surface area contributed by atoms with Gasteiger partial charge in [0.2, 0.25) is 0 Å². The minimum atomic E-state index is -0.122. The molecule has 4 rings (SSSR count). The van der Waals surface area contributed by atoms with Gasteiger partial charge in [0.25, 0.3) is 5.91 Å². The Morgan fingerprint density at radius 3 is 2.80 bits per heavy atom. The van der Waals surface area contributed by atoms with Gasteiger partial charge in [0.15, 0.2) is 0 Å². The minimum absolute atomic E-state index is 0.0777. The van der Waals surface area contributed by atoms with Gasteiger partial charge in [-0.05, 0) is 37.6 Å². The summed E-state index contributed by atoms with van der Waals surface area (Å²) in [4.78, 5) is 12.8. The highest BCUT2D eigenvalue weighted by Crippen LogP contribution is 2.32. The summed E-state index contributed by atoms with van der Waals surface area (Å²) in [6.07, 6.45) is 2.74. The molecule has 1 amide bonds. The second-order valence-electron chi connectivity index (χ2n) is 8.01. The zero-order valence-corrected chi connectivity index (χ0v) is 17.7. The van der Waals surface area contributed by atoms with Crippen LogP contribution in [0, 0.1) is 12.8 Å². The molecule has 162 valence electrons. The second kappa shape index (κ2) is 9.13. The quantitative estimate of drug-likeness (QED) is 0.425. The van der Waals surface area contributed by atoms with Crippen LogP contribution in [-0.2, 0) is 11.8 Å². The molecule has 9 heteroatoms. The van der Waals surface area contributed by atoms with Crippen molar-refractivity contribution in [1.29, 1.82) is 0 Å². The number of amides is 1. The standard InChI is InChI=1S/C21H31N7O2/c1-13-17(11-24-28(13)2)18-10-16-19(12-23-18)26-27-20(16)25-21(29)14-4-6-15(7-5-14)22-8-9-30-3/h4-7,11,16,18-20,22-23,26-27H,8-10,12H2,1-3H3,(H,25,29). The number of benzene rings is 1. The maximum Gasteiger partial charge on any atom is 0.252 e. The molecule has 2 aromatic rings. The van der Waals surface area contributed by atoms with Crippen molar-refractivity contribution in [2.24, 2.45) is 13.0 Å². The molecular formula is C21H31N7O2. The number of nitrogens with one attached hydrogen (secondary N) is 5. The highest BCUT2D eigenvalue weighted by atomic mass is 16.5. The van der Waals surface area contributed by atoms with E-state index in [2.05, 4.69) is 38.8 Å². The van der Waals surface area contributed by atoms with Crippen LogP contribution in [0.2, 0.25) is 0 Å². The smallest absolute Gasteiger partial charge is 0.252 e. The predicted octanol–water partition coefficient (Wildman–Crippen LogP) is 0.670. The fraction of sp³-hybridized carbons (Fsp3) is 0.524. The summed E-state index contributed by atoms with van der Waals surface area (Å²) >= 11 is 0. The van der Waals surface area contributed by atoms with E-state index in [9.17, 15) is 4.79 Å². The number of aromatic nitrogens is 2. The molecule has 2 aliphatic heterocycles. The maximum atomic E-state index is 12.8. The Bertz CT molecular complexity index is 867. The number of methoxy groups -OCH3 is 1. The molecule has 0 saturated carbocycles. The molecule has 0 spiro atoms. The first-order chi connectivity index (χ1) is 14.6. The summed E-state index contributed by atoms with van der Waals surface area (Å²) in [5.41, 5.74) is 10.6. The van der Waals surface area contributed by atoms with E-state index in [0.717, 1.165) is 25.2 Å². The van der Waals surface area contributed by atoms with Gasteiger partial charge < -0.3 is 20.7 Å². The third-order valence-electron chi connectivity index (χ3n) is 6.18. The average Bonchev–Trinajstić information content (AvgIpc) is 3.31. The van der Waals surface area contributed by atoms with Gasteiger partial charge in [-0.25, -0.2) is 5.43 Å². The van der Waals surface area contributed by atoms with E-state index < -0.39 is 0 Å². The molecule has 1 aromatic heterocycles. The summed E-state index contributed by atoms with van der Waals surface area (Å²) in [6, 6.07) is 8.02. The number of carbonyl (C=O) groups is 1. The number of fused-ring (bicyclic) bond motifs is 1. The normalized spacial score (nSPS) is 25.7. The molecule has 4 atom stereocenters.